The van der Waals surface area contributed by atoms with Gasteiger partial charge in [-0.25, -0.2) is 9.97 Å². The molecule has 12 heteroatoms. The Kier molecular flexibility index (Phi) is 12.1. The molecule has 0 spiro atoms. The standard InChI is InChI=1S/C26H42N8O3S/c1-5-7-9-10-11-12-21(35)29-20-18-19(27)28-26(30-20)38-22-23(36-3)31-25(32-24(22)37-4)34-16-14-33(15-17-34)13-8-6-2/h18H,5-17H2,1-4H3,(H3,27,28,29,30,35). The first-order valence-corrected chi connectivity index (χ1v) is 14.4. The number of unbranched alkanes of at least 4 members (excludes halogenated alkanes) is 5. The Morgan fingerprint density at radius 2 is 1.61 bits per heavy atom. The maximum atomic E-state index is 12.4. The molecule has 2 aromatic heterocycles. The second-order valence-electron chi connectivity index (χ2n) is 9.33. The van der Waals surface area contributed by atoms with E-state index in [4.69, 9.17) is 15.2 Å². The SMILES string of the molecule is CCCCCCCC(=O)Nc1cc(N)nc(Sc2c(OC)nc(N3CCN(CCCC)CC3)nc2OC)n1. The van der Waals surface area contributed by atoms with Crippen LogP contribution in [0, 0.1) is 0 Å². The Balaban J connectivity index is 1.70. The van der Waals surface area contributed by atoms with Crippen molar-refractivity contribution in [1.29, 1.82) is 0 Å². The fraction of sp³-hybridized carbons (Fsp3) is 0.654. The van der Waals surface area contributed by atoms with Gasteiger partial charge in [-0.1, -0.05) is 46.0 Å². The molecule has 3 N–H and O–H groups in total. The van der Waals surface area contributed by atoms with Crippen LogP contribution in [0.1, 0.15) is 65.2 Å². The van der Waals surface area contributed by atoms with Crippen molar-refractivity contribution in [2.75, 3.05) is 62.9 Å². The number of amides is 1. The topological polar surface area (TPSA) is 132 Å². The maximum absolute atomic E-state index is 12.4. The molecule has 1 amide bonds. The van der Waals surface area contributed by atoms with Crippen molar-refractivity contribution in [3.8, 4) is 11.8 Å². The van der Waals surface area contributed by atoms with Crippen molar-refractivity contribution < 1.29 is 14.3 Å². The lowest BCUT2D eigenvalue weighted by Crippen LogP contribution is -2.47. The minimum atomic E-state index is -0.0896. The number of rotatable bonds is 15. The number of aromatic nitrogens is 4. The molecule has 1 fully saturated rings. The number of nitrogen functional groups attached to an aromatic ring is 1. The first-order valence-electron chi connectivity index (χ1n) is 13.6. The van der Waals surface area contributed by atoms with Gasteiger partial charge >= 0.3 is 0 Å². The van der Waals surface area contributed by atoms with E-state index in [-0.39, 0.29) is 11.7 Å². The quantitative estimate of drug-likeness (QED) is 0.246. The highest BCUT2D eigenvalue weighted by molar-refractivity contribution is 7.99. The van der Waals surface area contributed by atoms with Crippen LogP contribution in [0.5, 0.6) is 11.8 Å². The summed E-state index contributed by atoms with van der Waals surface area (Å²) in [6.45, 7) is 9.11. The van der Waals surface area contributed by atoms with E-state index >= 15 is 0 Å². The summed E-state index contributed by atoms with van der Waals surface area (Å²) in [5, 5.41) is 3.17. The molecule has 0 atom stereocenters. The van der Waals surface area contributed by atoms with E-state index in [1.54, 1.807) is 20.3 Å². The second kappa shape index (κ2) is 15.5. The predicted molar refractivity (Wildman–Crippen MR) is 151 cm³/mol. The van der Waals surface area contributed by atoms with Crippen LogP contribution in [0.4, 0.5) is 17.6 Å². The van der Waals surface area contributed by atoms with Gasteiger partial charge in [0.05, 0.1) is 14.2 Å². The summed E-state index contributed by atoms with van der Waals surface area (Å²) in [7, 11) is 3.12. The van der Waals surface area contributed by atoms with Crippen molar-refractivity contribution in [2.45, 2.75) is 75.3 Å². The van der Waals surface area contributed by atoms with Crippen LogP contribution in [0.2, 0.25) is 0 Å². The Morgan fingerprint density at radius 3 is 2.24 bits per heavy atom. The number of carbonyl (C=O) groups excluding carboxylic acids is 1. The van der Waals surface area contributed by atoms with E-state index in [1.807, 2.05) is 0 Å². The fourth-order valence-electron chi connectivity index (χ4n) is 4.20. The zero-order chi connectivity index (χ0) is 27.3. The summed E-state index contributed by atoms with van der Waals surface area (Å²) in [6.07, 6.45) is 8.24. The summed E-state index contributed by atoms with van der Waals surface area (Å²) in [5.74, 6) is 1.82. The third kappa shape index (κ3) is 8.87. The van der Waals surface area contributed by atoms with Crippen LogP contribution < -0.4 is 25.4 Å². The molecule has 0 saturated carbocycles. The van der Waals surface area contributed by atoms with Gasteiger partial charge in [0.2, 0.25) is 23.6 Å². The van der Waals surface area contributed by atoms with Crippen LogP contribution >= 0.6 is 11.8 Å². The van der Waals surface area contributed by atoms with Crippen LogP contribution in [0.15, 0.2) is 16.1 Å². The lowest BCUT2D eigenvalue weighted by Gasteiger charge is -2.34. The van der Waals surface area contributed by atoms with E-state index in [2.05, 4.69) is 48.9 Å². The van der Waals surface area contributed by atoms with Gasteiger partial charge < -0.3 is 25.4 Å². The Morgan fingerprint density at radius 1 is 0.947 bits per heavy atom. The number of piperazine rings is 1. The normalized spacial score (nSPS) is 13.9. The number of methoxy groups -OCH3 is 2. The molecule has 38 heavy (non-hydrogen) atoms. The lowest BCUT2D eigenvalue weighted by molar-refractivity contribution is -0.116. The third-order valence-electron chi connectivity index (χ3n) is 6.35. The Labute approximate surface area is 230 Å². The molecule has 0 unspecified atom stereocenters. The van der Waals surface area contributed by atoms with Gasteiger partial charge in [-0.15, -0.1) is 0 Å². The number of ether oxygens (including phenoxy) is 2. The molecule has 0 bridgehead atoms. The van der Waals surface area contributed by atoms with Crippen molar-refractivity contribution in [2.24, 2.45) is 0 Å². The smallest absolute Gasteiger partial charge is 0.236 e. The van der Waals surface area contributed by atoms with Crippen molar-refractivity contribution >= 4 is 35.3 Å². The molecule has 2 aromatic rings. The van der Waals surface area contributed by atoms with Gasteiger partial charge in [-0.05, 0) is 31.1 Å². The number of carbonyl (C=O) groups is 1. The summed E-state index contributed by atoms with van der Waals surface area (Å²) in [4.78, 5) is 35.7. The van der Waals surface area contributed by atoms with E-state index in [1.165, 1.54) is 37.4 Å². The van der Waals surface area contributed by atoms with Crippen LogP contribution in [-0.4, -0.2) is 77.7 Å². The van der Waals surface area contributed by atoms with E-state index < -0.39 is 0 Å². The average Bonchev–Trinajstić information content (AvgIpc) is 2.91. The number of anilines is 3. The molecular weight excluding hydrogens is 504 g/mol. The fourth-order valence-corrected chi connectivity index (χ4v) is 5.11. The third-order valence-corrected chi connectivity index (χ3v) is 7.27. The molecule has 1 saturated heterocycles. The van der Waals surface area contributed by atoms with Crippen LogP contribution in [0.25, 0.3) is 0 Å². The number of nitrogens with zero attached hydrogens (tertiary/aromatic N) is 6. The van der Waals surface area contributed by atoms with Gasteiger partial charge in [0, 0.05) is 38.7 Å². The molecular formula is C26H42N8O3S. The number of nitrogens with two attached hydrogens (primary N) is 1. The minimum Gasteiger partial charge on any atom is -0.480 e. The monoisotopic (exact) mass is 546 g/mol. The Hall–Kier alpha value is -2.86. The van der Waals surface area contributed by atoms with Crippen molar-refractivity contribution in [3.63, 3.8) is 0 Å². The highest BCUT2D eigenvalue weighted by Gasteiger charge is 2.24. The van der Waals surface area contributed by atoms with Gasteiger partial charge in [0.1, 0.15) is 16.5 Å². The van der Waals surface area contributed by atoms with Gasteiger partial charge in [-0.2, -0.15) is 9.97 Å². The van der Waals surface area contributed by atoms with Crippen molar-refractivity contribution in [3.05, 3.63) is 6.07 Å². The predicted octanol–water partition coefficient (Wildman–Crippen LogP) is 4.24. The largest absolute Gasteiger partial charge is 0.480 e. The minimum absolute atomic E-state index is 0.0896. The van der Waals surface area contributed by atoms with Crippen LogP contribution in [-0.2, 0) is 4.79 Å². The molecule has 11 nitrogen and oxygen atoms in total. The van der Waals surface area contributed by atoms with Gasteiger partial charge in [0.25, 0.3) is 0 Å². The molecule has 0 aromatic carbocycles. The molecule has 3 heterocycles. The molecule has 0 aliphatic carbocycles. The average molecular weight is 547 g/mol. The van der Waals surface area contributed by atoms with Crippen molar-refractivity contribution in [1.82, 2.24) is 24.8 Å². The summed E-state index contributed by atoms with van der Waals surface area (Å²) in [6, 6.07) is 1.55. The van der Waals surface area contributed by atoms with Gasteiger partial charge in [0.15, 0.2) is 5.16 Å². The van der Waals surface area contributed by atoms with Gasteiger partial charge in [-0.3, -0.25) is 9.69 Å². The first-order chi connectivity index (χ1) is 18.5. The van der Waals surface area contributed by atoms with E-state index in [0.29, 0.717) is 40.0 Å². The molecule has 1 aliphatic rings. The molecule has 1 aliphatic heterocycles. The van der Waals surface area contributed by atoms with Crippen LogP contribution in [0.3, 0.4) is 0 Å². The molecule has 210 valence electrons. The zero-order valence-electron chi connectivity index (χ0n) is 23.2. The van der Waals surface area contributed by atoms with E-state index in [0.717, 1.165) is 52.0 Å². The number of hydrogen-bond donors (Lipinski definition) is 2. The number of nitrogens with one attached hydrogen (secondary N) is 1. The molecule has 3 rings (SSSR count). The van der Waals surface area contributed by atoms with E-state index in [9.17, 15) is 4.79 Å². The summed E-state index contributed by atoms with van der Waals surface area (Å²) >= 11 is 1.18. The Bertz CT molecular complexity index is 1010. The summed E-state index contributed by atoms with van der Waals surface area (Å²) < 4.78 is 11.2. The summed E-state index contributed by atoms with van der Waals surface area (Å²) in [5.41, 5.74) is 6.03. The molecule has 0 radical (unpaired) electrons. The maximum Gasteiger partial charge on any atom is 0.236 e. The number of hydrogen-bond acceptors (Lipinski definition) is 11. The zero-order valence-corrected chi connectivity index (χ0v) is 24.0. The highest BCUT2D eigenvalue weighted by Crippen LogP contribution is 2.40. The lowest BCUT2D eigenvalue weighted by atomic mass is 10.1. The first kappa shape index (κ1) is 29.7. The highest BCUT2D eigenvalue weighted by atomic mass is 32.2. The second-order valence-corrected chi connectivity index (χ2v) is 10.3.